The SMILES string of the molecule is CCOc1ccc2nc(N3CCC(C(=O)Nc4ccccc4C(F)(F)F)CC3)sc2c1. The van der Waals surface area contributed by atoms with Crippen LogP contribution in [0.4, 0.5) is 24.0 Å². The number of carbonyl (C=O) groups excluding carboxylic acids is 1. The molecule has 1 saturated heterocycles. The largest absolute Gasteiger partial charge is 0.494 e. The Morgan fingerprint density at radius 2 is 1.97 bits per heavy atom. The standard InChI is InChI=1S/C22H22F3N3O2S/c1-2-30-15-7-8-18-19(13-15)31-21(27-18)28-11-9-14(10-12-28)20(29)26-17-6-4-3-5-16(17)22(23,24)25/h3-8,13-14H,2,9-12H2,1H3,(H,26,29). The number of hydrogen-bond donors (Lipinski definition) is 1. The number of benzene rings is 2. The highest BCUT2D eigenvalue weighted by Gasteiger charge is 2.34. The molecule has 31 heavy (non-hydrogen) atoms. The molecule has 1 fully saturated rings. The normalized spacial score (nSPS) is 15.3. The lowest BCUT2D eigenvalue weighted by Crippen LogP contribution is -2.38. The maximum atomic E-state index is 13.2. The van der Waals surface area contributed by atoms with Crippen LogP contribution in [0.5, 0.6) is 5.75 Å². The van der Waals surface area contributed by atoms with Gasteiger partial charge in [-0.25, -0.2) is 4.98 Å². The van der Waals surface area contributed by atoms with Crippen molar-refractivity contribution in [2.24, 2.45) is 5.92 Å². The quantitative estimate of drug-likeness (QED) is 0.553. The van der Waals surface area contributed by atoms with Crippen LogP contribution >= 0.6 is 11.3 Å². The van der Waals surface area contributed by atoms with Crippen LogP contribution in [0.2, 0.25) is 0 Å². The fourth-order valence-electron chi connectivity index (χ4n) is 3.69. The molecule has 3 aromatic rings. The number of hydrogen-bond acceptors (Lipinski definition) is 5. The van der Waals surface area contributed by atoms with E-state index in [0.717, 1.165) is 27.2 Å². The summed E-state index contributed by atoms with van der Waals surface area (Å²) in [6.07, 6.45) is -3.40. The predicted molar refractivity (Wildman–Crippen MR) is 116 cm³/mol. The first-order valence-corrected chi connectivity index (χ1v) is 10.9. The van der Waals surface area contributed by atoms with Gasteiger partial charge in [0.25, 0.3) is 0 Å². The number of rotatable bonds is 5. The van der Waals surface area contributed by atoms with E-state index in [0.29, 0.717) is 32.5 Å². The number of alkyl halides is 3. The summed E-state index contributed by atoms with van der Waals surface area (Å²) < 4.78 is 46.1. The van der Waals surface area contributed by atoms with Gasteiger partial charge in [-0.05, 0) is 50.1 Å². The second-order valence-corrected chi connectivity index (χ2v) is 8.36. The van der Waals surface area contributed by atoms with Crippen LogP contribution < -0.4 is 15.0 Å². The fraction of sp³-hybridized carbons (Fsp3) is 0.364. The van der Waals surface area contributed by atoms with E-state index in [-0.39, 0.29) is 17.5 Å². The van der Waals surface area contributed by atoms with Gasteiger partial charge in [-0.15, -0.1) is 0 Å². The molecule has 1 aliphatic heterocycles. The average molecular weight is 449 g/mol. The second kappa shape index (κ2) is 8.74. The molecule has 1 aliphatic rings. The van der Waals surface area contributed by atoms with Crippen molar-refractivity contribution in [3.63, 3.8) is 0 Å². The molecule has 0 spiro atoms. The van der Waals surface area contributed by atoms with Gasteiger partial charge in [0.15, 0.2) is 5.13 Å². The zero-order valence-electron chi connectivity index (χ0n) is 16.9. The highest BCUT2D eigenvalue weighted by Crippen LogP contribution is 2.36. The third-order valence-corrected chi connectivity index (χ3v) is 6.37. The minimum absolute atomic E-state index is 0.196. The number of ether oxygens (including phenoxy) is 1. The number of piperidine rings is 1. The van der Waals surface area contributed by atoms with Crippen LogP contribution in [0.15, 0.2) is 42.5 Å². The number of nitrogens with one attached hydrogen (secondary N) is 1. The number of thiazole rings is 1. The number of carbonyl (C=O) groups is 1. The highest BCUT2D eigenvalue weighted by molar-refractivity contribution is 7.22. The van der Waals surface area contributed by atoms with Crippen LogP contribution in [0.1, 0.15) is 25.3 Å². The van der Waals surface area contributed by atoms with Crippen molar-refractivity contribution in [2.45, 2.75) is 25.9 Å². The lowest BCUT2D eigenvalue weighted by atomic mass is 9.96. The van der Waals surface area contributed by atoms with Gasteiger partial charge in [0.1, 0.15) is 5.75 Å². The van der Waals surface area contributed by atoms with E-state index in [9.17, 15) is 18.0 Å². The molecule has 0 saturated carbocycles. The molecule has 1 amide bonds. The molecule has 0 atom stereocenters. The Balaban J connectivity index is 1.40. The van der Waals surface area contributed by atoms with Crippen molar-refractivity contribution in [3.8, 4) is 5.75 Å². The highest BCUT2D eigenvalue weighted by atomic mass is 32.1. The summed E-state index contributed by atoms with van der Waals surface area (Å²) in [5.74, 6) is 0.0956. The second-order valence-electron chi connectivity index (χ2n) is 7.35. The zero-order chi connectivity index (χ0) is 22.0. The molecule has 1 aromatic heterocycles. The van der Waals surface area contributed by atoms with Gasteiger partial charge in [0.2, 0.25) is 5.91 Å². The Morgan fingerprint density at radius 3 is 2.68 bits per heavy atom. The molecular weight excluding hydrogens is 427 g/mol. The van der Waals surface area contributed by atoms with Crippen LogP contribution in [0, 0.1) is 5.92 Å². The first-order chi connectivity index (χ1) is 14.8. The first-order valence-electron chi connectivity index (χ1n) is 10.1. The predicted octanol–water partition coefficient (Wildman–Crippen LogP) is 5.57. The van der Waals surface area contributed by atoms with E-state index in [1.54, 1.807) is 11.3 Å². The van der Waals surface area contributed by atoms with E-state index in [2.05, 4.69) is 15.2 Å². The summed E-state index contributed by atoms with van der Waals surface area (Å²) in [4.78, 5) is 19.4. The van der Waals surface area contributed by atoms with Crippen LogP contribution in [0.3, 0.4) is 0 Å². The Morgan fingerprint density at radius 1 is 1.23 bits per heavy atom. The topological polar surface area (TPSA) is 54.5 Å². The van der Waals surface area contributed by atoms with Crippen molar-refractivity contribution in [1.29, 1.82) is 0 Å². The number of halogens is 3. The Labute approximate surface area is 181 Å². The summed E-state index contributed by atoms with van der Waals surface area (Å²) in [6, 6.07) is 10.8. The third-order valence-electron chi connectivity index (χ3n) is 5.29. The summed E-state index contributed by atoms with van der Waals surface area (Å²) in [6.45, 7) is 3.78. The number of aromatic nitrogens is 1. The average Bonchev–Trinajstić information content (AvgIpc) is 3.17. The minimum atomic E-state index is -4.51. The number of anilines is 2. The molecule has 1 N–H and O–H groups in total. The Kier molecular flexibility index (Phi) is 6.04. The maximum Gasteiger partial charge on any atom is 0.418 e. The van der Waals surface area contributed by atoms with Gasteiger partial charge in [0, 0.05) is 19.0 Å². The van der Waals surface area contributed by atoms with Gasteiger partial charge in [-0.1, -0.05) is 23.5 Å². The van der Waals surface area contributed by atoms with Crippen molar-refractivity contribution < 1.29 is 22.7 Å². The molecular formula is C22H22F3N3O2S. The third kappa shape index (κ3) is 4.76. The van der Waals surface area contributed by atoms with Crippen molar-refractivity contribution in [1.82, 2.24) is 4.98 Å². The lowest BCUT2D eigenvalue weighted by Gasteiger charge is -2.31. The first kappa shape index (κ1) is 21.4. The number of nitrogens with zero attached hydrogens (tertiary/aromatic N) is 2. The lowest BCUT2D eigenvalue weighted by molar-refractivity contribution is -0.137. The molecule has 9 heteroatoms. The minimum Gasteiger partial charge on any atom is -0.494 e. The summed E-state index contributed by atoms with van der Waals surface area (Å²) in [7, 11) is 0. The molecule has 0 unspecified atom stereocenters. The summed E-state index contributed by atoms with van der Waals surface area (Å²) >= 11 is 1.57. The van der Waals surface area contributed by atoms with E-state index >= 15 is 0 Å². The van der Waals surface area contributed by atoms with Crippen molar-refractivity contribution >= 4 is 38.3 Å². The van der Waals surface area contributed by atoms with Gasteiger partial charge >= 0.3 is 6.18 Å². The van der Waals surface area contributed by atoms with Crippen LogP contribution in [-0.4, -0.2) is 30.6 Å². The molecule has 2 heterocycles. The van der Waals surface area contributed by atoms with E-state index in [1.807, 2.05) is 25.1 Å². The monoisotopic (exact) mass is 449 g/mol. The van der Waals surface area contributed by atoms with E-state index < -0.39 is 11.7 Å². The van der Waals surface area contributed by atoms with E-state index in [4.69, 9.17) is 4.74 Å². The Hall–Kier alpha value is -2.81. The van der Waals surface area contributed by atoms with Crippen LogP contribution in [0.25, 0.3) is 10.2 Å². The van der Waals surface area contributed by atoms with Gasteiger partial charge < -0.3 is 15.0 Å². The number of fused-ring (bicyclic) bond motifs is 1. The summed E-state index contributed by atoms with van der Waals surface area (Å²) in [5.41, 5.74) is -0.132. The Bertz CT molecular complexity index is 1080. The van der Waals surface area contributed by atoms with Gasteiger partial charge in [0.05, 0.1) is 28.1 Å². The molecule has 2 aromatic carbocycles. The van der Waals surface area contributed by atoms with Crippen LogP contribution in [-0.2, 0) is 11.0 Å². The molecule has 164 valence electrons. The van der Waals surface area contributed by atoms with E-state index in [1.165, 1.54) is 18.2 Å². The number of amides is 1. The molecule has 0 aliphatic carbocycles. The molecule has 4 rings (SSSR count). The summed E-state index contributed by atoms with van der Waals surface area (Å²) in [5, 5.41) is 3.36. The molecule has 0 bridgehead atoms. The van der Waals surface area contributed by atoms with Crippen molar-refractivity contribution in [3.05, 3.63) is 48.0 Å². The smallest absolute Gasteiger partial charge is 0.418 e. The zero-order valence-corrected chi connectivity index (χ0v) is 17.7. The number of para-hydroxylation sites is 1. The fourth-order valence-corrected chi connectivity index (χ4v) is 4.74. The molecule has 5 nitrogen and oxygen atoms in total. The maximum absolute atomic E-state index is 13.2. The van der Waals surface area contributed by atoms with Gasteiger partial charge in [-0.3, -0.25) is 4.79 Å². The van der Waals surface area contributed by atoms with Crippen molar-refractivity contribution in [2.75, 3.05) is 29.9 Å². The molecule has 0 radical (unpaired) electrons. The van der Waals surface area contributed by atoms with Gasteiger partial charge in [-0.2, -0.15) is 13.2 Å².